The van der Waals surface area contributed by atoms with Crippen LogP contribution in [0.25, 0.3) is 0 Å². The summed E-state index contributed by atoms with van der Waals surface area (Å²) in [5, 5.41) is 0. The van der Waals surface area contributed by atoms with E-state index in [4.69, 9.17) is 0 Å². The molecule has 22 heavy (non-hydrogen) atoms. The molecule has 2 aliphatic heterocycles. The number of likely N-dealkylation sites (tertiary alicyclic amines) is 1. The molecule has 1 aromatic carbocycles. The monoisotopic (exact) mass is 300 g/mol. The standard InChI is InChI=1S/C18H24N2O2/c1-17(2,3)11-15(21)20-10-9-18(12-20)13-7-5-6-8-14(13)19(4)16(18)22/h5-8H,9-12H2,1-4H3. The van der Waals surface area contributed by atoms with E-state index in [0.29, 0.717) is 19.5 Å². The molecular weight excluding hydrogens is 276 g/mol. The minimum atomic E-state index is -0.529. The Bertz CT molecular complexity index is 632. The number of likely N-dealkylation sites (N-methyl/N-ethyl adjacent to an activating group) is 1. The summed E-state index contributed by atoms with van der Waals surface area (Å²) in [6.07, 6.45) is 1.25. The first-order chi connectivity index (χ1) is 10.2. The molecule has 1 spiro atoms. The third kappa shape index (κ3) is 2.21. The molecule has 4 heteroatoms. The highest BCUT2D eigenvalue weighted by molar-refractivity contribution is 6.08. The maximum Gasteiger partial charge on any atom is 0.239 e. The lowest BCUT2D eigenvalue weighted by Crippen LogP contribution is -2.42. The summed E-state index contributed by atoms with van der Waals surface area (Å²) in [6.45, 7) is 7.40. The van der Waals surface area contributed by atoms with Gasteiger partial charge in [-0.1, -0.05) is 39.0 Å². The summed E-state index contributed by atoms with van der Waals surface area (Å²) in [6, 6.07) is 7.96. The van der Waals surface area contributed by atoms with Crippen molar-refractivity contribution in [3.8, 4) is 0 Å². The molecule has 1 fully saturated rings. The van der Waals surface area contributed by atoms with Gasteiger partial charge in [-0.05, 0) is 23.5 Å². The van der Waals surface area contributed by atoms with E-state index in [0.717, 1.165) is 17.7 Å². The predicted octanol–water partition coefficient (Wildman–Crippen LogP) is 2.57. The minimum Gasteiger partial charge on any atom is -0.341 e. The van der Waals surface area contributed by atoms with Crippen molar-refractivity contribution in [1.82, 2.24) is 4.90 Å². The molecule has 1 aromatic rings. The average Bonchev–Trinajstić information content (AvgIpc) is 2.97. The van der Waals surface area contributed by atoms with E-state index in [-0.39, 0.29) is 17.2 Å². The Morgan fingerprint density at radius 3 is 2.64 bits per heavy atom. The number of carbonyl (C=O) groups is 2. The highest BCUT2D eigenvalue weighted by atomic mass is 16.2. The first kappa shape index (κ1) is 15.1. The van der Waals surface area contributed by atoms with Crippen molar-refractivity contribution >= 4 is 17.5 Å². The molecule has 4 nitrogen and oxygen atoms in total. The Morgan fingerprint density at radius 1 is 1.27 bits per heavy atom. The number of benzene rings is 1. The molecular formula is C18H24N2O2. The van der Waals surface area contributed by atoms with Gasteiger partial charge in [0.05, 0.1) is 5.41 Å². The number of hydrogen-bond donors (Lipinski definition) is 0. The lowest BCUT2D eigenvalue weighted by molar-refractivity contribution is -0.132. The molecule has 0 bridgehead atoms. The Balaban J connectivity index is 1.88. The molecule has 0 aromatic heterocycles. The largest absolute Gasteiger partial charge is 0.341 e. The SMILES string of the molecule is CN1C(=O)C2(CCN(C(=O)CC(C)(C)C)C2)c2ccccc21. The molecule has 2 heterocycles. The molecule has 0 aliphatic carbocycles. The minimum absolute atomic E-state index is 0.0266. The summed E-state index contributed by atoms with van der Waals surface area (Å²) in [4.78, 5) is 28.9. The quantitative estimate of drug-likeness (QED) is 0.800. The molecule has 0 saturated carbocycles. The molecule has 3 rings (SSSR count). The van der Waals surface area contributed by atoms with E-state index < -0.39 is 5.41 Å². The van der Waals surface area contributed by atoms with E-state index >= 15 is 0 Å². The van der Waals surface area contributed by atoms with Crippen molar-refractivity contribution in [2.75, 3.05) is 25.0 Å². The number of nitrogens with zero attached hydrogens (tertiary/aromatic N) is 2. The van der Waals surface area contributed by atoms with Crippen LogP contribution < -0.4 is 4.90 Å². The first-order valence-electron chi connectivity index (χ1n) is 7.90. The van der Waals surface area contributed by atoms with Gasteiger partial charge in [-0.25, -0.2) is 0 Å². The molecule has 2 aliphatic rings. The van der Waals surface area contributed by atoms with E-state index in [1.54, 1.807) is 4.90 Å². The fourth-order valence-electron chi connectivity index (χ4n) is 3.70. The van der Waals surface area contributed by atoms with Crippen molar-refractivity contribution in [1.29, 1.82) is 0 Å². The number of anilines is 1. The second-order valence-corrected chi connectivity index (χ2v) is 7.77. The van der Waals surface area contributed by atoms with Crippen LogP contribution in [-0.4, -0.2) is 36.9 Å². The number of para-hydroxylation sites is 1. The van der Waals surface area contributed by atoms with Gasteiger partial charge in [0.15, 0.2) is 0 Å². The predicted molar refractivity (Wildman–Crippen MR) is 86.8 cm³/mol. The summed E-state index contributed by atoms with van der Waals surface area (Å²) in [7, 11) is 1.83. The molecule has 1 saturated heterocycles. The van der Waals surface area contributed by atoms with E-state index in [9.17, 15) is 9.59 Å². The third-order valence-corrected chi connectivity index (χ3v) is 4.80. The van der Waals surface area contributed by atoms with Gasteiger partial charge >= 0.3 is 0 Å². The summed E-state index contributed by atoms with van der Waals surface area (Å²) < 4.78 is 0. The highest BCUT2D eigenvalue weighted by Gasteiger charge is 2.54. The van der Waals surface area contributed by atoms with E-state index in [1.807, 2.05) is 36.2 Å². The Labute approximate surface area is 132 Å². The smallest absolute Gasteiger partial charge is 0.239 e. The summed E-state index contributed by atoms with van der Waals surface area (Å²) in [5.74, 6) is 0.281. The van der Waals surface area contributed by atoms with Crippen LogP contribution >= 0.6 is 0 Å². The van der Waals surface area contributed by atoms with Gasteiger partial charge in [0.25, 0.3) is 0 Å². The van der Waals surface area contributed by atoms with Crippen molar-refractivity contribution < 1.29 is 9.59 Å². The third-order valence-electron chi connectivity index (χ3n) is 4.80. The number of rotatable bonds is 1. The fourth-order valence-corrected chi connectivity index (χ4v) is 3.70. The van der Waals surface area contributed by atoms with Crippen LogP contribution in [0.4, 0.5) is 5.69 Å². The van der Waals surface area contributed by atoms with Crippen LogP contribution in [-0.2, 0) is 15.0 Å². The maximum absolute atomic E-state index is 12.8. The van der Waals surface area contributed by atoms with E-state index in [1.165, 1.54) is 0 Å². The van der Waals surface area contributed by atoms with Gasteiger partial charge in [0.2, 0.25) is 11.8 Å². The average molecular weight is 300 g/mol. The summed E-state index contributed by atoms with van der Waals surface area (Å²) >= 11 is 0. The fraction of sp³-hybridized carbons (Fsp3) is 0.556. The number of amides is 2. The number of fused-ring (bicyclic) bond motifs is 2. The topological polar surface area (TPSA) is 40.6 Å². The van der Waals surface area contributed by atoms with Crippen molar-refractivity contribution in [2.24, 2.45) is 5.41 Å². The second-order valence-electron chi connectivity index (χ2n) is 7.77. The van der Waals surface area contributed by atoms with Crippen LogP contribution in [0.5, 0.6) is 0 Å². The normalized spacial score (nSPS) is 24.3. The maximum atomic E-state index is 12.8. The van der Waals surface area contributed by atoms with Crippen LogP contribution in [0.1, 0.15) is 39.2 Å². The number of carbonyl (C=O) groups excluding carboxylic acids is 2. The molecule has 118 valence electrons. The summed E-state index contributed by atoms with van der Waals surface area (Å²) in [5.41, 5.74) is 1.51. The van der Waals surface area contributed by atoms with Crippen LogP contribution in [0.3, 0.4) is 0 Å². The molecule has 0 N–H and O–H groups in total. The van der Waals surface area contributed by atoms with Gasteiger partial charge in [-0.3, -0.25) is 9.59 Å². The first-order valence-corrected chi connectivity index (χ1v) is 7.90. The zero-order valence-corrected chi connectivity index (χ0v) is 13.8. The van der Waals surface area contributed by atoms with Gasteiger partial charge in [0.1, 0.15) is 0 Å². The van der Waals surface area contributed by atoms with Crippen LogP contribution in [0, 0.1) is 5.41 Å². The Morgan fingerprint density at radius 2 is 1.95 bits per heavy atom. The van der Waals surface area contributed by atoms with Crippen LogP contribution in [0.15, 0.2) is 24.3 Å². The molecule has 1 unspecified atom stereocenters. The zero-order valence-electron chi connectivity index (χ0n) is 13.8. The number of hydrogen-bond acceptors (Lipinski definition) is 2. The van der Waals surface area contributed by atoms with Crippen LogP contribution in [0.2, 0.25) is 0 Å². The highest BCUT2D eigenvalue weighted by Crippen LogP contribution is 2.46. The van der Waals surface area contributed by atoms with Gasteiger partial charge in [-0.15, -0.1) is 0 Å². The van der Waals surface area contributed by atoms with Crippen molar-refractivity contribution in [3.63, 3.8) is 0 Å². The van der Waals surface area contributed by atoms with Gasteiger partial charge < -0.3 is 9.80 Å². The van der Waals surface area contributed by atoms with Gasteiger partial charge in [0, 0.05) is 32.2 Å². The lowest BCUT2D eigenvalue weighted by atomic mass is 9.81. The Kier molecular flexibility index (Phi) is 3.31. The zero-order chi connectivity index (χ0) is 16.1. The second kappa shape index (κ2) is 4.83. The lowest BCUT2D eigenvalue weighted by Gasteiger charge is -2.26. The van der Waals surface area contributed by atoms with Crippen molar-refractivity contribution in [2.45, 2.75) is 39.0 Å². The molecule has 1 atom stereocenters. The van der Waals surface area contributed by atoms with E-state index in [2.05, 4.69) is 20.8 Å². The Hall–Kier alpha value is -1.84. The molecule has 2 amide bonds. The molecule has 0 radical (unpaired) electrons. The van der Waals surface area contributed by atoms with Gasteiger partial charge in [-0.2, -0.15) is 0 Å². The van der Waals surface area contributed by atoms with Crippen molar-refractivity contribution in [3.05, 3.63) is 29.8 Å².